The zero-order valence-corrected chi connectivity index (χ0v) is 12.3. The Morgan fingerprint density at radius 3 is 3.00 bits per heavy atom. The van der Waals surface area contributed by atoms with Gasteiger partial charge >= 0.3 is 0 Å². The average molecular weight is 298 g/mol. The van der Waals surface area contributed by atoms with Gasteiger partial charge in [0.15, 0.2) is 5.84 Å². The Bertz CT molecular complexity index is 487. The third kappa shape index (κ3) is 3.55. The number of oxime groups is 1. The number of hydrogen-bond acceptors (Lipinski definition) is 4. The highest BCUT2D eigenvalue weighted by atomic mass is 35.5. The van der Waals surface area contributed by atoms with Crippen molar-refractivity contribution in [2.24, 2.45) is 16.8 Å². The van der Waals surface area contributed by atoms with Crippen LogP contribution in [0.25, 0.3) is 0 Å². The van der Waals surface area contributed by atoms with Crippen LogP contribution >= 0.6 is 11.6 Å². The lowest BCUT2D eigenvalue weighted by Gasteiger charge is -2.28. The van der Waals surface area contributed by atoms with Crippen LogP contribution in [0.3, 0.4) is 0 Å². The monoisotopic (exact) mass is 297 g/mol. The molecule has 1 heterocycles. The molecule has 1 unspecified atom stereocenters. The van der Waals surface area contributed by atoms with E-state index in [1.165, 1.54) is 6.42 Å². The summed E-state index contributed by atoms with van der Waals surface area (Å²) in [7, 11) is 2.03. The van der Waals surface area contributed by atoms with Gasteiger partial charge in [0, 0.05) is 31.5 Å². The smallest absolute Gasteiger partial charge is 0.171 e. The normalized spacial score (nSPS) is 19.9. The molecule has 0 bridgehead atoms. The van der Waals surface area contributed by atoms with Crippen molar-refractivity contribution in [2.45, 2.75) is 12.8 Å². The van der Waals surface area contributed by atoms with Crippen molar-refractivity contribution in [1.82, 2.24) is 0 Å². The van der Waals surface area contributed by atoms with Gasteiger partial charge in [-0.05, 0) is 37.0 Å². The van der Waals surface area contributed by atoms with E-state index in [0.717, 1.165) is 31.9 Å². The summed E-state index contributed by atoms with van der Waals surface area (Å²) in [4.78, 5) is 2.15. The largest absolute Gasteiger partial charge is 0.409 e. The van der Waals surface area contributed by atoms with Gasteiger partial charge in [-0.25, -0.2) is 0 Å². The Morgan fingerprint density at radius 2 is 2.40 bits per heavy atom. The summed E-state index contributed by atoms with van der Waals surface area (Å²) >= 11 is 6.17. The summed E-state index contributed by atoms with van der Waals surface area (Å²) in [6.45, 7) is 2.63. The minimum Gasteiger partial charge on any atom is -0.409 e. The number of nitrogens with two attached hydrogens (primary N) is 1. The number of amidine groups is 1. The van der Waals surface area contributed by atoms with Crippen molar-refractivity contribution in [3.05, 3.63) is 28.8 Å². The van der Waals surface area contributed by atoms with Gasteiger partial charge in [-0.3, -0.25) is 0 Å². The average Bonchev–Trinajstić information content (AvgIpc) is 2.47. The van der Waals surface area contributed by atoms with Gasteiger partial charge in [0.25, 0.3) is 0 Å². The van der Waals surface area contributed by atoms with Crippen LogP contribution in [0, 0.1) is 5.92 Å². The predicted molar refractivity (Wildman–Crippen MR) is 80.8 cm³/mol. The van der Waals surface area contributed by atoms with Gasteiger partial charge in [-0.15, -0.1) is 0 Å². The maximum atomic E-state index is 8.69. The highest BCUT2D eigenvalue weighted by molar-refractivity contribution is 6.34. The molecular weight excluding hydrogens is 278 g/mol. The van der Waals surface area contributed by atoms with E-state index in [2.05, 4.69) is 10.1 Å². The number of nitrogens with zero attached hydrogens (tertiary/aromatic N) is 2. The third-order valence-electron chi connectivity index (χ3n) is 3.56. The molecule has 5 nitrogen and oxygen atoms in total. The summed E-state index contributed by atoms with van der Waals surface area (Å²) in [5.74, 6) is 0.571. The first-order valence-electron chi connectivity index (χ1n) is 6.68. The molecule has 0 saturated carbocycles. The van der Waals surface area contributed by atoms with Crippen molar-refractivity contribution >= 4 is 23.1 Å². The molecule has 1 atom stereocenters. The third-order valence-corrected chi connectivity index (χ3v) is 3.88. The minimum atomic E-state index is 0.0184. The first-order chi connectivity index (χ1) is 9.61. The van der Waals surface area contributed by atoms with E-state index in [-0.39, 0.29) is 5.84 Å². The second-order valence-electron chi connectivity index (χ2n) is 5.11. The van der Waals surface area contributed by atoms with E-state index >= 15 is 0 Å². The van der Waals surface area contributed by atoms with Crippen molar-refractivity contribution < 1.29 is 9.94 Å². The predicted octanol–water partition coefficient (Wildman–Crippen LogP) is 2.30. The molecule has 0 spiro atoms. The second-order valence-corrected chi connectivity index (χ2v) is 5.52. The van der Waals surface area contributed by atoms with Gasteiger partial charge < -0.3 is 20.6 Å². The molecule has 0 aromatic heterocycles. The molecule has 1 fully saturated rings. The van der Waals surface area contributed by atoms with Crippen molar-refractivity contribution in [3.63, 3.8) is 0 Å². The molecule has 6 heteroatoms. The number of benzene rings is 1. The van der Waals surface area contributed by atoms with Gasteiger partial charge in [0.1, 0.15) is 0 Å². The van der Waals surface area contributed by atoms with E-state index in [9.17, 15) is 0 Å². The van der Waals surface area contributed by atoms with E-state index in [1.807, 2.05) is 19.2 Å². The van der Waals surface area contributed by atoms with Gasteiger partial charge in [0.2, 0.25) is 0 Å². The Kier molecular flexibility index (Phi) is 5.09. The summed E-state index contributed by atoms with van der Waals surface area (Å²) in [6, 6.07) is 5.52. The molecule has 0 radical (unpaired) electrons. The van der Waals surface area contributed by atoms with E-state index in [4.69, 9.17) is 27.3 Å². The molecule has 1 aromatic carbocycles. The molecule has 2 rings (SSSR count). The maximum absolute atomic E-state index is 8.69. The first-order valence-corrected chi connectivity index (χ1v) is 7.06. The molecule has 0 amide bonds. The van der Waals surface area contributed by atoms with Crippen molar-refractivity contribution in [2.75, 3.05) is 31.7 Å². The summed E-state index contributed by atoms with van der Waals surface area (Å²) < 4.78 is 5.49. The number of ether oxygens (including phenoxy) is 1. The molecule has 3 N–H and O–H groups in total. The van der Waals surface area contributed by atoms with Crippen LogP contribution in [0.4, 0.5) is 5.69 Å². The summed E-state index contributed by atoms with van der Waals surface area (Å²) in [5, 5.41) is 12.1. The van der Waals surface area contributed by atoms with Crippen LogP contribution in [0.5, 0.6) is 0 Å². The molecule has 20 heavy (non-hydrogen) atoms. The van der Waals surface area contributed by atoms with Crippen molar-refractivity contribution in [3.8, 4) is 0 Å². The van der Waals surface area contributed by atoms with E-state index in [0.29, 0.717) is 16.5 Å². The zero-order valence-electron chi connectivity index (χ0n) is 11.6. The first kappa shape index (κ1) is 14.9. The molecule has 1 aromatic rings. The van der Waals surface area contributed by atoms with Gasteiger partial charge in [0.05, 0.1) is 11.6 Å². The number of anilines is 1. The van der Waals surface area contributed by atoms with Crippen LogP contribution in [-0.2, 0) is 4.74 Å². The molecule has 1 aliphatic rings. The lowest BCUT2D eigenvalue weighted by molar-refractivity contribution is 0.0576. The maximum Gasteiger partial charge on any atom is 0.171 e. The topological polar surface area (TPSA) is 71.1 Å². The molecule has 0 aliphatic carbocycles. The summed E-state index contributed by atoms with van der Waals surface area (Å²) in [6.07, 6.45) is 2.32. The van der Waals surface area contributed by atoms with Crippen LogP contribution in [-0.4, -0.2) is 37.8 Å². The van der Waals surface area contributed by atoms with E-state index < -0.39 is 0 Å². The van der Waals surface area contributed by atoms with Crippen LogP contribution < -0.4 is 10.6 Å². The fraction of sp³-hybridized carbons (Fsp3) is 0.500. The van der Waals surface area contributed by atoms with Gasteiger partial charge in [-0.2, -0.15) is 0 Å². The minimum absolute atomic E-state index is 0.0184. The fourth-order valence-corrected chi connectivity index (χ4v) is 2.72. The van der Waals surface area contributed by atoms with Crippen molar-refractivity contribution in [1.29, 1.82) is 0 Å². The standard InChI is InChI=1S/C14H20ClN3O2/c1-18(8-10-3-2-6-20-9-10)11-4-5-12(13(15)7-11)14(16)17-19/h4-5,7,10,19H,2-3,6,8-9H2,1H3,(H2,16,17). The number of hydrogen-bond donors (Lipinski definition) is 2. The van der Waals surface area contributed by atoms with E-state index in [1.54, 1.807) is 6.07 Å². The number of halogens is 1. The lowest BCUT2D eigenvalue weighted by Crippen LogP contribution is -2.30. The Morgan fingerprint density at radius 1 is 1.60 bits per heavy atom. The van der Waals surface area contributed by atoms with Gasteiger partial charge in [-0.1, -0.05) is 16.8 Å². The second kappa shape index (κ2) is 6.81. The molecule has 110 valence electrons. The zero-order chi connectivity index (χ0) is 14.5. The van der Waals surface area contributed by atoms with Crippen LogP contribution in [0.2, 0.25) is 5.02 Å². The highest BCUT2D eigenvalue weighted by Gasteiger charge is 2.17. The molecule has 1 aliphatic heterocycles. The molecule has 1 saturated heterocycles. The number of rotatable bonds is 4. The Labute approximate surface area is 124 Å². The summed E-state index contributed by atoms with van der Waals surface area (Å²) in [5.41, 5.74) is 7.10. The van der Waals surface area contributed by atoms with Crippen LogP contribution in [0.15, 0.2) is 23.4 Å². The molecular formula is C14H20ClN3O2. The highest BCUT2D eigenvalue weighted by Crippen LogP contribution is 2.25. The quantitative estimate of drug-likeness (QED) is 0.387. The SMILES string of the molecule is CN(CC1CCCOC1)c1ccc(C(N)=NO)c(Cl)c1. The van der Waals surface area contributed by atoms with Crippen LogP contribution in [0.1, 0.15) is 18.4 Å². The lowest BCUT2D eigenvalue weighted by atomic mass is 10.0. The fourth-order valence-electron chi connectivity index (χ4n) is 2.45. The Balaban J connectivity index is 2.06. The Hall–Kier alpha value is -1.46.